The standard InChI is InChI=1S/C3H6N2O5.K.H/c6-2-1-3(4(7)8)5(9)10;;/h3,6H,1-2H2;;/q;+1;-1. The molecule has 0 saturated carbocycles. The van der Waals surface area contributed by atoms with E-state index in [-0.39, 0.29) is 52.8 Å². The Morgan fingerprint density at radius 1 is 1.36 bits per heavy atom. The van der Waals surface area contributed by atoms with Gasteiger partial charge in [-0.25, -0.2) is 0 Å². The number of aliphatic hydroxyl groups excluding tert-OH is 1. The number of rotatable bonds is 4. The van der Waals surface area contributed by atoms with Gasteiger partial charge >= 0.3 is 57.6 Å². The molecule has 0 radical (unpaired) electrons. The van der Waals surface area contributed by atoms with E-state index in [9.17, 15) is 20.2 Å². The number of aliphatic hydroxyl groups is 1. The second-order valence-electron chi connectivity index (χ2n) is 1.56. The number of nitrogens with zero attached hydrogens (tertiary/aromatic N) is 2. The van der Waals surface area contributed by atoms with Crippen LogP contribution in [-0.4, -0.2) is 27.7 Å². The van der Waals surface area contributed by atoms with Crippen molar-refractivity contribution in [2.75, 3.05) is 6.61 Å². The summed E-state index contributed by atoms with van der Waals surface area (Å²) in [6, 6.07) is 0. The summed E-state index contributed by atoms with van der Waals surface area (Å²) in [6.07, 6.45) is -2.31. The van der Waals surface area contributed by atoms with Gasteiger partial charge in [0.15, 0.2) is 0 Å². The van der Waals surface area contributed by atoms with Crippen molar-refractivity contribution in [2.24, 2.45) is 0 Å². The molecule has 0 bridgehead atoms. The third-order valence-electron chi connectivity index (χ3n) is 0.874. The van der Waals surface area contributed by atoms with E-state index in [2.05, 4.69) is 0 Å². The van der Waals surface area contributed by atoms with E-state index in [1.807, 2.05) is 0 Å². The summed E-state index contributed by atoms with van der Waals surface area (Å²) in [5.74, 6) is 0. The monoisotopic (exact) mass is 190 g/mol. The summed E-state index contributed by atoms with van der Waals surface area (Å²) in [7, 11) is 0. The number of hydrogen-bond donors (Lipinski definition) is 1. The van der Waals surface area contributed by atoms with Crippen LogP contribution in [0.5, 0.6) is 0 Å². The first kappa shape index (κ1) is 14.0. The molecule has 0 aliphatic heterocycles. The Labute approximate surface area is 106 Å². The second kappa shape index (κ2) is 7.07. The Balaban J connectivity index is -0.000000405. The maximum absolute atomic E-state index is 9.78. The summed E-state index contributed by atoms with van der Waals surface area (Å²) in [4.78, 5) is 17.5. The molecule has 0 fully saturated rings. The van der Waals surface area contributed by atoms with E-state index in [1.54, 1.807) is 0 Å². The van der Waals surface area contributed by atoms with Crippen LogP contribution in [0, 0.1) is 20.2 Å². The molecular weight excluding hydrogens is 183 g/mol. The van der Waals surface area contributed by atoms with Gasteiger partial charge in [-0.1, -0.05) is 0 Å². The molecule has 11 heavy (non-hydrogen) atoms. The summed E-state index contributed by atoms with van der Waals surface area (Å²) < 4.78 is 0. The minimum Gasteiger partial charge on any atom is -1.00 e. The first-order valence-corrected chi connectivity index (χ1v) is 2.47. The largest absolute Gasteiger partial charge is 1.00 e. The zero-order valence-electron chi connectivity index (χ0n) is 6.97. The van der Waals surface area contributed by atoms with Crippen molar-refractivity contribution in [1.82, 2.24) is 0 Å². The fraction of sp³-hybridized carbons (Fsp3) is 1.00. The van der Waals surface area contributed by atoms with Gasteiger partial charge in [0.05, 0.1) is 16.5 Å². The number of nitro groups is 2. The molecular formula is C3H7KN2O5. The molecule has 0 aromatic rings. The average molecular weight is 190 g/mol. The topological polar surface area (TPSA) is 107 Å². The van der Waals surface area contributed by atoms with Gasteiger partial charge < -0.3 is 6.53 Å². The maximum Gasteiger partial charge on any atom is 1.00 e. The van der Waals surface area contributed by atoms with Crippen molar-refractivity contribution in [3.63, 3.8) is 0 Å². The molecule has 1 N–H and O–H groups in total. The van der Waals surface area contributed by atoms with Crippen molar-refractivity contribution >= 4 is 0 Å². The van der Waals surface area contributed by atoms with Gasteiger partial charge in [0.25, 0.3) is 0 Å². The van der Waals surface area contributed by atoms with Gasteiger partial charge in [-0.3, -0.25) is 20.2 Å². The summed E-state index contributed by atoms with van der Waals surface area (Å²) in [5, 5.41) is 27.7. The van der Waals surface area contributed by atoms with E-state index < -0.39 is 29.0 Å². The molecule has 7 nitrogen and oxygen atoms in total. The van der Waals surface area contributed by atoms with Crippen LogP contribution in [0.25, 0.3) is 0 Å². The van der Waals surface area contributed by atoms with Crippen LogP contribution in [0.2, 0.25) is 0 Å². The Hall–Kier alpha value is 0.396. The van der Waals surface area contributed by atoms with Gasteiger partial charge in [0.1, 0.15) is 6.42 Å². The molecule has 0 aliphatic rings. The van der Waals surface area contributed by atoms with Gasteiger partial charge in [0, 0.05) is 0 Å². The molecule has 0 aromatic carbocycles. The van der Waals surface area contributed by atoms with Gasteiger partial charge in [-0.2, -0.15) is 0 Å². The molecule has 0 aromatic heterocycles. The molecule has 0 heterocycles. The zero-order valence-corrected chi connectivity index (χ0v) is 9.09. The van der Waals surface area contributed by atoms with E-state index in [1.165, 1.54) is 0 Å². The Kier molecular flexibility index (Phi) is 8.96. The summed E-state index contributed by atoms with van der Waals surface area (Å²) in [5.41, 5.74) is 0. The predicted octanol–water partition coefficient (Wildman–Crippen LogP) is -3.64. The van der Waals surface area contributed by atoms with Crippen LogP contribution in [0.4, 0.5) is 0 Å². The first-order valence-electron chi connectivity index (χ1n) is 2.47. The Morgan fingerprint density at radius 3 is 1.82 bits per heavy atom. The molecule has 60 valence electrons. The average Bonchev–Trinajstić information content (AvgIpc) is 1.81. The third kappa shape index (κ3) is 5.64. The van der Waals surface area contributed by atoms with Crippen LogP contribution in [0.3, 0.4) is 0 Å². The van der Waals surface area contributed by atoms with E-state index in [0.29, 0.717) is 0 Å². The molecule has 0 rings (SSSR count). The van der Waals surface area contributed by atoms with Gasteiger partial charge in [0.2, 0.25) is 0 Å². The van der Waals surface area contributed by atoms with Crippen molar-refractivity contribution < 1.29 is 67.8 Å². The first-order chi connectivity index (χ1) is 4.59. The van der Waals surface area contributed by atoms with Crippen molar-refractivity contribution in [3.05, 3.63) is 20.2 Å². The van der Waals surface area contributed by atoms with Crippen molar-refractivity contribution in [3.8, 4) is 0 Å². The SMILES string of the molecule is O=[N+]([O-])C(CCO)[N+](=O)[O-].[H-].[K+]. The summed E-state index contributed by atoms with van der Waals surface area (Å²) in [6.45, 7) is -0.549. The van der Waals surface area contributed by atoms with E-state index >= 15 is 0 Å². The van der Waals surface area contributed by atoms with Crippen LogP contribution in [-0.2, 0) is 0 Å². The van der Waals surface area contributed by atoms with Gasteiger partial charge in [-0.15, -0.1) is 0 Å². The molecule has 0 unspecified atom stereocenters. The molecule has 8 heteroatoms. The quantitative estimate of drug-likeness (QED) is 0.213. The number of hydrogen-bond acceptors (Lipinski definition) is 5. The fourth-order valence-corrected chi connectivity index (χ4v) is 0.403. The molecule has 0 aliphatic carbocycles. The molecule has 0 saturated heterocycles. The molecule has 0 atom stereocenters. The van der Waals surface area contributed by atoms with Crippen LogP contribution in [0.1, 0.15) is 7.85 Å². The third-order valence-corrected chi connectivity index (χ3v) is 0.874. The second-order valence-corrected chi connectivity index (χ2v) is 1.56. The minimum absolute atomic E-state index is 0. The van der Waals surface area contributed by atoms with Gasteiger partial charge in [-0.05, 0) is 0 Å². The van der Waals surface area contributed by atoms with Crippen LogP contribution < -0.4 is 51.4 Å². The van der Waals surface area contributed by atoms with Crippen molar-refractivity contribution in [2.45, 2.75) is 12.6 Å². The Morgan fingerprint density at radius 2 is 1.73 bits per heavy atom. The smallest absolute Gasteiger partial charge is 1.00 e. The van der Waals surface area contributed by atoms with Crippen molar-refractivity contribution in [1.29, 1.82) is 0 Å². The molecule has 0 amide bonds. The van der Waals surface area contributed by atoms with E-state index in [4.69, 9.17) is 5.11 Å². The summed E-state index contributed by atoms with van der Waals surface area (Å²) >= 11 is 0. The maximum atomic E-state index is 9.78. The van der Waals surface area contributed by atoms with Crippen LogP contribution >= 0.6 is 0 Å². The van der Waals surface area contributed by atoms with E-state index in [0.717, 1.165) is 0 Å². The zero-order chi connectivity index (χ0) is 8.15. The molecule has 0 spiro atoms. The predicted molar refractivity (Wildman–Crippen MR) is 30.6 cm³/mol. The Bertz CT molecular complexity index is 142. The minimum atomic E-state index is -1.87. The van der Waals surface area contributed by atoms with Crippen LogP contribution in [0.15, 0.2) is 0 Å². The fourth-order valence-electron chi connectivity index (χ4n) is 0.403. The normalized spacial score (nSPS) is 8.91.